The lowest BCUT2D eigenvalue weighted by atomic mass is 9.88. The van der Waals surface area contributed by atoms with Crippen LogP contribution >= 0.6 is 12.2 Å². The van der Waals surface area contributed by atoms with Crippen molar-refractivity contribution in [3.05, 3.63) is 54.4 Å². The van der Waals surface area contributed by atoms with Gasteiger partial charge in [-0.1, -0.05) is 31.2 Å². The van der Waals surface area contributed by atoms with Crippen molar-refractivity contribution in [2.75, 3.05) is 5.32 Å². The molecule has 0 saturated carbocycles. The van der Waals surface area contributed by atoms with Crippen molar-refractivity contribution >= 4 is 23.0 Å². The van der Waals surface area contributed by atoms with Crippen LogP contribution in [0.2, 0.25) is 0 Å². The minimum atomic E-state index is -0.297. The van der Waals surface area contributed by atoms with Gasteiger partial charge in [0.1, 0.15) is 5.83 Å². The van der Waals surface area contributed by atoms with Crippen LogP contribution in [0.15, 0.2) is 54.4 Å². The molecule has 1 atom stereocenters. The van der Waals surface area contributed by atoms with Gasteiger partial charge in [0.15, 0.2) is 5.11 Å². The quantitative estimate of drug-likeness (QED) is 0.818. The van der Waals surface area contributed by atoms with E-state index in [1.165, 1.54) is 6.08 Å². The molecule has 0 bridgehead atoms. The molecular formula is C15H17FN2S. The molecular weight excluding hydrogens is 259 g/mol. The largest absolute Gasteiger partial charge is 0.353 e. The van der Waals surface area contributed by atoms with Crippen LogP contribution in [0.1, 0.15) is 19.8 Å². The van der Waals surface area contributed by atoms with E-state index in [1.807, 2.05) is 36.4 Å². The molecule has 0 amide bonds. The summed E-state index contributed by atoms with van der Waals surface area (Å²) in [5.41, 5.74) is 0.641. The first-order valence-corrected chi connectivity index (χ1v) is 6.73. The topological polar surface area (TPSA) is 24.1 Å². The van der Waals surface area contributed by atoms with Crippen molar-refractivity contribution in [1.82, 2.24) is 5.32 Å². The molecule has 0 aliphatic heterocycles. The van der Waals surface area contributed by atoms with Gasteiger partial charge in [-0.2, -0.15) is 0 Å². The zero-order valence-electron chi connectivity index (χ0n) is 10.8. The third-order valence-electron chi connectivity index (χ3n) is 3.25. The van der Waals surface area contributed by atoms with Gasteiger partial charge in [0.2, 0.25) is 0 Å². The molecule has 2 nitrogen and oxygen atoms in total. The van der Waals surface area contributed by atoms with Crippen molar-refractivity contribution in [2.24, 2.45) is 0 Å². The summed E-state index contributed by atoms with van der Waals surface area (Å²) in [5, 5.41) is 6.95. The highest BCUT2D eigenvalue weighted by Crippen LogP contribution is 2.25. The van der Waals surface area contributed by atoms with Gasteiger partial charge in [-0.15, -0.1) is 0 Å². The zero-order chi connectivity index (χ0) is 13.7. The van der Waals surface area contributed by atoms with Gasteiger partial charge in [0.25, 0.3) is 0 Å². The number of nitrogens with one attached hydrogen (secondary N) is 2. The molecule has 0 aromatic heterocycles. The maximum Gasteiger partial charge on any atom is 0.171 e. The highest BCUT2D eigenvalue weighted by Gasteiger charge is 2.27. The number of anilines is 1. The first-order valence-electron chi connectivity index (χ1n) is 6.33. The highest BCUT2D eigenvalue weighted by molar-refractivity contribution is 7.80. The molecule has 0 spiro atoms. The molecule has 0 saturated heterocycles. The fraction of sp³-hybridized carbons (Fsp3) is 0.267. The lowest BCUT2D eigenvalue weighted by molar-refractivity contribution is 0.449. The number of hydrogen-bond acceptors (Lipinski definition) is 1. The second-order valence-corrected chi connectivity index (χ2v) is 4.99. The highest BCUT2D eigenvalue weighted by atomic mass is 32.1. The van der Waals surface area contributed by atoms with Crippen LogP contribution in [0.5, 0.6) is 0 Å². The van der Waals surface area contributed by atoms with Gasteiger partial charge in [-0.05, 0) is 49.3 Å². The van der Waals surface area contributed by atoms with Crippen molar-refractivity contribution < 1.29 is 4.39 Å². The van der Waals surface area contributed by atoms with E-state index in [0.29, 0.717) is 11.5 Å². The van der Waals surface area contributed by atoms with Gasteiger partial charge >= 0.3 is 0 Å². The molecule has 4 heteroatoms. The van der Waals surface area contributed by atoms with Gasteiger partial charge in [-0.25, -0.2) is 4.39 Å². The number of benzene rings is 1. The maximum atomic E-state index is 13.0. The summed E-state index contributed by atoms with van der Waals surface area (Å²) >= 11 is 5.31. The SMILES string of the molecule is CCC1(NC(=S)Nc2ccccc2)C=CC(F)=CC1. The van der Waals surface area contributed by atoms with Crippen molar-refractivity contribution in [3.8, 4) is 0 Å². The lowest BCUT2D eigenvalue weighted by Gasteiger charge is -2.33. The van der Waals surface area contributed by atoms with E-state index in [4.69, 9.17) is 12.2 Å². The minimum Gasteiger partial charge on any atom is -0.353 e. The van der Waals surface area contributed by atoms with Crippen LogP contribution < -0.4 is 10.6 Å². The van der Waals surface area contributed by atoms with Crippen LogP contribution in [0.25, 0.3) is 0 Å². The molecule has 100 valence electrons. The Bertz CT molecular complexity index is 510. The minimum absolute atomic E-state index is 0.187. The molecule has 0 radical (unpaired) electrons. The number of allylic oxidation sites excluding steroid dienone is 2. The third-order valence-corrected chi connectivity index (χ3v) is 3.45. The van der Waals surface area contributed by atoms with Crippen LogP contribution in [0.4, 0.5) is 10.1 Å². The number of thiocarbonyl (C=S) groups is 1. The van der Waals surface area contributed by atoms with E-state index in [9.17, 15) is 4.39 Å². The number of hydrogen-bond donors (Lipinski definition) is 2. The van der Waals surface area contributed by atoms with Crippen LogP contribution in [-0.4, -0.2) is 10.7 Å². The van der Waals surface area contributed by atoms with Gasteiger partial charge < -0.3 is 10.6 Å². The van der Waals surface area contributed by atoms with E-state index >= 15 is 0 Å². The first kappa shape index (κ1) is 13.7. The van der Waals surface area contributed by atoms with Crippen LogP contribution in [0.3, 0.4) is 0 Å². The molecule has 0 fully saturated rings. The molecule has 1 aromatic rings. The monoisotopic (exact) mass is 276 g/mol. The molecule has 19 heavy (non-hydrogen) atoms. The van der Waals surface area contributed by atoms with Crippen LogP contribution in [-0.2, 0) is 0 Å². The molecule has 2 rings (SSSR count). The maximum absolute atomic E-state index is 13.0. The standard InChI is InChI=1S/C15H17FN2S/c1-2-15(10-8-12(16)9-11-15)18-14(19)17-13-6-4-3-5-7-13/h3-10H,2,11H2,1H3,(H2,17,18,19). The average molecular weight is 276 g/mol. The fourth-order valence-corrected chi connectivity index (χ4v) is 2.33. The molecule has 2 N–H and O–H groups in total. The van der Waals surface area contributed by atoms with Crippen molar-refractivity contribution in [2.45, 2.75) is 25.3 Å². The zero-order valence-corrected chi connectivity index (χ0v) is 11.6. The predicted octanol–water partition coefficient (Wildman–Crippen LogP) is 3.94. The molecule has 1 aliphatic carbocycles. The Morgan fingerprint density at radius 3 is 2.68 bits per heavy atom. The second-order valence-electron chi connectivity index (χ2n) is 4.58. The Hall–Kier alpha value is -1.68. The summed E-state index contributed by atoms with van der Waals surface area (Å²) in [6.07, 6.45) is 6.36. The smallest absolute Gasteiger partial charge is 0.171 e. The summed E-state index contributed by atoms with van der Waals surface area (Å²) in [7, 11) is 0. The van der Waals surface area contributed by atoms with E-state index in [0.717, 1.165) is 12.1 Å². The first-order chi connectivity index (χ1) is 9.13. The van der Waals surface area contributed by atoms with Crippen molar-refractivity contribution in [3.63, 3.8) is 0 Å². The second kappa shape index (κ2) is 5.97. The van der Waals surface area contributed by atoms with E-state index < -0.39 is 0 Å². The van der Waals surface area contributed by atoms with Crippen LogP contribution in [0, 0.1) is 0 Å². The number of para-hydroxylation sites is 1. The fourth-order valence-electron chi connectivity index (χ4n) is 2.01. The molecule has 1 aliphatic rings. The van der Waals surface area contributed by atoms with E-state index in [-0.39, 0.29) is 11.4 Å². The Morgan fingerprint density at radius 1 is 1.37 bits per heavy atom. The van der Waals surface area contributed by atoms with Gasteiger partial charge in [0.05, 0.1) is 5.54 Å². The molecule has 0 heterocycles. The average Bonchev–Trinajstić information content (AvgIpc) is 2.43. The predicted molar refractivity (Wildman–Crippen MR) is 81.8 cm³/mol. The Kier molecular flexibility index (Phi) is 4.32. The summed E-state index contributed by atoms with van der Waals surface area (Å²) in [6.45, 7) is 2.06. The van der Waals surface area contributed by atoms with E-state index in [2.05, 4.69) is 17.6 Å². The van der Waals surface area contributed by atoms with E-state index in [1.54, 1.807) is 6.08 Å². The number of rotatable bonds is 3. The van der Waals surface area contributed by atoms with Gasteiger partial charge in [0, 0.05) is 5.69 Å². The van der Waals surface area contributed by atoms with Gasteiger partial charge in [-0.3, -0.25) is 0 Å². The summed E-state index contributed by atoms with van der Waals surface area (Å²) in [5.74, 6) is -0.187. The normalized spacial score (nSPS) is 21.7. The third kappa shape index (κ3) is 3.64. The Morgan fingerprint density at radius 2 is 2.11 bits per heavy atom. The Labute approximate surface area is 118 Å². The molecule has 1 aromatic carbocycles. The van der Waals surface area contributed by atoms with Crippen molar-refractivity contribution in [1.29, 1.82) is 0 Å². The summed E-state index contributed by atoms with van der Waals surface area (Å²) < 4.78 is 13.0. The molecule has 1 unspecified atom stereocenters. The summed E-state index contributed by atoms with van der Waals surface area (Å²) in [4.78, 5) is 0. The lowest BCUT2D eigenvalue weighted by Crippen LogP contribution is -2.48. The number of halogens is 1. The summed E-state index contributed by atoms with van der Waals surface area (Å²) in [6, 6.07) is 9.73. The Balaban J connectivity index is 2.00.